The van der Waals surface area contributed by atoms with E-state index in [1.807, 2.05) is 97.3 Å². The van der Waals surface area contributed by atoms with E-state index in [2.05, 4.69) is 24.6 Å². The molecule has 1 aliphatic heterocycles. The molecule has 6 aromatic rings. The molecule has 1 aliphatic rings. The fourth-order valence-electron chi connectivity index (χ4n) is 8.24. The molecule has 1 atom stereocenters. The summed E-state index contributed by atoms with van der Waals surface area (Å²) in [6, 6.07) is 32.8. The summed E-state index contributed by atoms with van der Waals surface area (Å²) in [5.41, 5.74) is -0.832. The van der Waals surface area contributed by atoms with Gasteiger partial charge in [0.2, 0.25) is 10.0 Å². The Hall–Kier alpha value is -5.71. The van der Waals surface area contributed by atoms with Gasteiger partial charge in [0.05, 0.1) is 28.1 Å². The third-order valence-corrected chi connectivity index (χ3v) is 16.8. The molecule has 5 aromatic carbocycles. The number of alkyl halides is 3. The molecule has 0 aliphatic carbocycles. The van der Waals surface area contributed by atoms with Crippen molar-refractivity contribution in [3.8, 4) is 22.4 Å². The van der Waals surface area contributed by atoms with E-state index in [0.29, 0.717) is 78.5 Å². The second-order valence-electron chi connectivity index (χ2n) is 17.3. The number of thioether (sulfide) groups is 1. The molecule has 0 bridgehead atoms. The molecule has 7 rings (SSSR count). The molecule has 1 saturated heterocycles. The maximum absolute atomic E-state index is 14.2. The Bertz CT molecular complexity index is 3230. The summed E-state index contributed by atoms with van der Waals surface area (Å²) in [7, 11) is -8.99. The van der Waals surface area contributed by atoms with E-state index in [4.69, 9.17) is 11.6 Å². The summed E-state index contributed by atoms with van der Waals surface area (Å²) in [6.07, 6.45) is 1.37. The number of nitrogens with zero attached hydrogens (tertiary/aromatic N) is 4. The van der Waals surface area contributed by atoms with Gasteiger partial charge in [-0.1, -0.05) is 54.1 Å². The van der Waals surface area contributed by atoms with Crippen molar-refractivity contribution < 1.29 is 43.2 Å². The molecule has 0 radical (unpaired) electrons. The van der Waals surface area contributed by atoms with Gasteiger partial charge in [-0.2, -0.15) is 13.2 Å². The van der Waals surface area contributed by atoms with E-state index in [1.54, 1.807) is 31.2 Å². The quantitative estimate of drug-likeness (QED) is 0.0700. The van der Waals surface area contributed by atoms with Gasteiger partial charge in [-0.25, -0.2) is 30.0 Å². The largest absolute Gasteiger partial charge is 0.501 e. The minimum Gasteiger partial charge on any atom is -0.380 e. The highest BCUT2D eigenvalue weighted by Crippen LogP contribution is 2.41. The monoisotopic (exact) mass is 1070 g/mol. The highest BCUT2D eigenvalue weighted by atomic mass is 35.5. The van der Waals surface area contributed by atoms with Crippen molar-refractivity contribution in [1.29, 1.82) is 0 Å². The molecule has 3 N–H and O–H groups in total. The van der Waals surface area contributed by atoms with E-state index in [9.17, 15) is 43.2 Å². The highest BCUT2D eigenvalue weighted by molar-refractivity contribution is 7.99. The second kappa shape index (κ2) is 21.6. The van der Waals surface area contributed by atoms with Gasteiger partial charge in [0, 0.05) is 83.3 Å². The predicted octanol–water partition coefficient (Wildman–Crippen LogP) is 8.96. The van der Waals surface area contributed by atoms with Gasteiger partial charge in [0.15, 0.2) is 0 Å². The molecular formula is C49H53ClF3N7O7S4. The Morgan fingerprint density at radius 2 is 1.42 bits per heavy atom. The summed E-state index contributed by atoms with van der Waals surface area (Å²) >= 11 is 7.67. The zero-order chi connectivity index (χ0) is 51.5. The third kappa shape index (κ3) is 12.7. The van der Waals surface area contributed by atoms with Crippen molar-refractivity contribution in [2.24, 2.45) is 7.05 Å². The summed E-state index contributed by atoms with van der Waals surface area (Å²) in [6.45, 7) is 4.58. The first-order valence-corrected chi connectivity index (χ1v) is 28.4. The maximum Gasteiger partial charge on any atom is 0.501 e. The summed E-state index contributed by atoms with van der Waals surface area (Å²) in [4.78, 5) is 18.8. The van der Waals surface area contributed by atoms with E-state index in [-0.39, 0.29) is 16.9 Å². The lowest BCUT2D eigenvalue weighted by atomic mass is 9.96. The number of carbonyl (C=O) groups excluding carboxylic acids is 1. The van der Waals surface area contributed by atoms with Crippen LogP contribution in [0.1, 0.15) is 22.5 Å². The van der Waals surface area contributed by atoms with Crippen LogP contribution < -0.4 is 24.6 Å². The highest BCUT2D eigenvalue weighted by Gasteiger charge is 2.48. The van der Waals surface area contributed by atoms with Crippen molar-refractivity contribution in [2.75, 3.05) is 78.7 Å². The van der Waals surface area contributed by atoms with Crippen LogP contribution in [0, 0.1) is 6.92 Å². The van der Waals surface area contributed by atoms with Crippen LogP contribution in [0.15, 0.2) is 136 Å². The van der Waals surface area contributed by atoms with Crippen LogP contribution in [0.25, 0.3) is 22.4 Å². The first kappa shape index (κ1) is 53.1. The Kier molecular flexibility index (Phi) is 16.1. The van der Waals surface area contributed by atoms with Crippen molar-refractivity contribution in [2.45, 2.75) is 39.6 Å². The van der Waals surface area contributed by atoms with Gasteiger partial charge in [0.1, 0.15) is 4.90 Å². The van der Waals surface area contributed by atoms with Gasteiger partial charge in [-0.05, 0) is 124 Å². The van der Waals surface area contributed by atoms with Gasteiger partial charge < -0.3 is 24.6 Å². The molecule has 2 heterocycles. The Morgan fingerprint density at radius 1 is 0.789 bits per heavy atom. The predicted molar refractivity (Wildman–Crippen MR) is 277 cm³/mol. The number of sulfonamides is 2. The molecular weight excluding hydrogens is 1020 g/mol. The number of benzene rings is 5. The number of nitrogens with one attached hydrogen (secondary N) is 3. The number of halogens is 4. The van der Waals surface area contributed by atoms with E-state index in [1.165, 1.54) is 23.9 Å². The first-order valence-electron chi connectivity index (χ1n) is 22.2. The number of hydrogen-bond acceptors (Lipinski definition) is 12. The van der Waals surface area contributed by atoms with Crippen LogP contribution in [0.4, 0.5) is 35.9 Å². The summed E-state index contributed by atoms with van der Waals surface area (Å²) < 4.78 is 127. The van der Waals surface area contributed by atoms with Crippen LogP contribution in [0.2, 0.25) is 5.02 Å². The molecule has 0 spiro atoms. The van der Waals surface area contributed by atoms with Gasteiger partial charge in [0.25, 0.3) is 25.8 Å². The minimum absolute atomic E-state index is 0.104. The number of sulfone groups is 1. The normalized spacial score (nSPS) is 14.1. The lowest BCUT2D eigenvalue weighted by Gasteiger charge is -2.37. The van der Waals surface area contributed by atoms with Crippen LogP contribution in [-0.2, 0) is 36.9 Å². The van der Waals surface area contributed by atoms with Crippen molar-refractivity contribution in [1.82, 2.24) is 14.2 Å². The average molecular weight is 1070 g/mol. The van der Waals surface area contributed by atoms with Gasteiger partial charge >= 0.3 is 5.51 Å². The van der Waals surface area contributed by atoms with Crippen LogP contribution >= 0.6 is 23.4 Å². The lowest BCUT2D eigenvalue weighted by molar-refractivity contribution is -0.0435. The number of hydrogen-bond donors (Lipinski definition) is 3. The standard InChI is InChI=1S/C49H53ClF3N7O7S4/c1-33-45(48(61)56-69(5,62)63)46(47(58(33)4)34-14-16-36(50)17-15-34)35-10-9-11-40(30-35)60-28-26-59(27-29-60)39-20-18-37(19-21-39)55-71(66,67)42-22-23-43(44(31-42)70(64,65)49(51,52)53)54-38(24-25-57(2)3)32-68-41-12-7-6-8-13-41/h6-23,30-31,38,54-55H,24-29,32H2,1-5H3,(H,56,61)/t38-/m1/s1. The molecule has 0 saturated carbocycles. The molecule has 0 unspecified atom stereocenters. The van der Waals surface area contributed by atoms with Crippen LogP contribution in [0.5, 0.6) is 0 Å². The lowest BCUT2D eigenvalue weighted by Crippen LogP contribution is -2.46. The number of carbonyl (C=O) groups is 1. The maximum atomic E-state index is 14.2. The van der Waals surface area contributed by atoms with E-state index >= 15 is 0 Å². The van der Waals surface area contributed by atoms with Crippen LogP contribution in [-0.4, -0.2) is 111 Å². The molecule has 1 aromatic heterocycles. The van der Waals surface area contributed by atoms with Gasteiger partial charge in [-0.15, -0.1) is 11.8 Å². The Labute approximate surface area is 422 Å². The molecule has 1 amide bonds. The smallest absolute Gasteiger partial charge is 0.380 e. The third-order valence-electron chi connectivity index (χ3n) is 11.9. The second-order valence-corrected chi connectivity index (χ2v) is 24.2. The molecule has 22 heteroatoms. The number of anilines is 4. The fraction of sp³-hybridized carbons (Fsp3) is 0.286. The van der Waals surface area contributed by atoms with Crippen molar-refractivity contribution in [3.63, 3.8) is 0 Å². The average Bonchev–Trinajstić information content (AvgIpc) is 3.59. The number of amides is 1. The number of rotatable bonds is 18. The number of piperazine rings is 1. The fourth-order valence-corrected chi connectivity index (χ4v) is 11.9. The Balaban J connectivity index is 1.07. The molecule has 71 heavy (non-hydrogen) atoms. The van der Waals surface area contributed by atoms with Crippen LogP contribution in [0.3, 0.4) is 0 Å². The molecule has 378 valence electrons. The summed E-state index contributed by atoms with van der Waals surface area (Å²) in [5.74, 6) is -0.372. The van der Waals surface area contributed by atoms with Gasteiger partial charge in [-0.3, -0.25) is 9.52 Å². The van der Waals surface area contributed by atoms with Crippen molar-refractivity contribution >= 4 is 81.9 Å². The SMILES string of the molecule is Cc1c(C(=O)NS(C)(=O)=O)c(-c2cccc(N3CCN(c4ccc(NS(=O)(=O)c5ccc(N[C@H](CCN(C)C)CSc6ccccc6)c(S(=O)(=O)C(F)(F)F)c5)cc4)CC3)c2)c(-c2ccc(Cl)cc2)n1C. The minimum atomic E-state index is -6.00. The van der Waals surface area contributed by atoms with E-state index in [0.717, 1.165) is 40.2 Å². The zero-order valence-corrected chi connectivity index (χ0v) is 43.4. The number of aromatic nitrogens is 1. The first-order chi connectivity index (χ1) is 33.4. The Morgan fingerprint density at radius 3 is 2.03 bits per heavy atom. The molecule has 14 nitrogen and oxygen atoms in total. The summed E-state index contributed by atoms with van der Waals surface area (Å²) in [5, 5.41) is 3.51. The molecule has 1 fully saturated rings. The topological polar surface area (TPSA) is 170 Å². The van der Waals surface area contributed by atoms with Crippen molar-refractivity contribution in [3.05, 3.63) is 138 Å². The zero-order valence-electron chi connectivity index (χ0n) is 39.4. The van der Waals surface area contributed by atoms with E-state index < -0.39 is 57.1 Å².